The van der Waals surface area contributed by atoms with Gasteiger partial charge in [0.1, 0.15) is 0 Å². The molecule has 1 unspecified atom stereocenters. The van der Waals surface area contributed by atoms with Crippen molar-refractivity contribution in [1.82, 2.24) is 0 Å². The van der Waals surface area contributed by atoms with Crippen molar-refractivity contribution in [2.24, 2.45) is 0 Å². The Bertz CT molecular complexity index is 427. The van der Waals surface area contributed by atoms with E-state index in [4.69, 9.17) is 0 Å². The molecular formula is C12H12BrNOS. The van der Waals surface area contributed by atoms with Gasteiger partial charge in [-0.3, -0.25) is 0 Å². The molecule has 16 heavy (non-hydrogen) atoms. The van der Waals surface area contributed by atoms with Crippen molar-refractivity contribution in [2.75, 3.05) is 11.9 Å². The molecule has 4 heteroatoms. The first-order valence-electron chi connectivity index (χ1n) is 4.94. The van der Waals surface area contributed by atoms with E-state index in [-0.39, 0.29) is 12.6 Å². The highest BCUT2D eigenvalue weighted by molar-refractivity contribution is 9.10. The second kappa shape index (κ2) is 5.48. The molecule has 1 atom stereocenters. The van der Waals surface area contributed by atoms with Gasteiger partial charge in [-0.1, -0.05) is 15.9 Å². The molecule has 0 aliphatic carbocycles. The first-order chi connectivity index (χ1) is 7.79. The molecule has 0 fully saturated rings. The topological polar surface area (TPSA) is 32.3 Å². The number of rotatable bonds is 4. The summed E-state index contributed by atoms with van der Waals surface area (Å²) in [5.41, 5.74) is 2.13. The van der Waals surface area contributed by atoms with Crippen molar-refractivity contribution in [2.45, 2.75) is 6.04 Å². The maximum atomic E-state index is 9.35. The predicted octanol–water partition coefficient (Wildman–Crippen LogP) is 3.66. The third-order valence-corrected chi connectivity index (χ3v) is 3.54. The zero-order valence-electron chi connectivity index (χ0n) is 8.56. The summed E-state index contributed by atoms with van der Waals surface area (Å²) in [5.74, 6) is 0. The van der Waals surface area contributed by atoms with E-state index in [9.17, 15) is 5.11 Å². The van der Waals surface area contributed by atoms with Crippen molar-refractivity contribution in [3.05, 3.63) is 51.1 Å². The first kappa shape index (κ1) is 11.6. The van der Waals surface area contributed by atoms with Crippen molar-refractivity contribution >= 4 is 33.0 Å². The average Bonchev–Trinajstić information content (AvgIpc) is 2.82. The molecule has 2 N–H and O–H groups in total. The van der Waals surface area contributed by atoms with Crippen molar-refractivity contribution in [1.29, 1.82) is 0 Å². The number of thiophene rings is 1. The van der Waals surface area contributed by atoms with Gasteiger partial charge in [0, 0.05) is 10.2 Å². The quantitative estimate of drug-likeness (QED) is 0.903. The summed E-state index contributed by atoms with van der Waals surface area (Å²) in [7, 11) is 0. The van der Waals surface area contributed by atoms with Gasteiger partial charge < -0.3 is 10.4 Å². The van der Waals surface area contributed by atoms with Gasteiger partial charge in [0.25, 0.3) is 0 Å². The van der Waals surface area contributed by atoms with E-state index >= 15 is 0 Å². The average molecular weight is 298 g/mol. The summed E-state index contributed by atoms with van der Waals surface area (Å²) >= 11 is 5.03. The summed E-state index contributed by atoms with van der Waals surface area (Å²) in [5, 5.41) is 16.7. The van der Waals surface area contributed by atoms with Gasteiger partial charge in [0.2, 0.25) is 0 Å². The summed E-state index contributed by atoms with van der Waals surface area (Å²) in [6.45, 7) is 0.0901. The number of halogens is 1. The molecule has 1 heterocycles. The van der Waals surface area contributed by atoms with Gasteiger partial charge in [-0.15, -0.1) is 0 Å². The molecule has 2 nitrogen and oxygen atoms in total. The van der Waals surface area contributed by atoms with Crippen LogP contribution in [-0.4, -0.2) is 11.7 Å². The van der Waals surface area contributed by atoms with Gasteiger partial charge >= 0.3 is 0 Å². The Kier molecular flexibility index (Phi) is 3.98. The van der Waals surface area contributed by atoms with Crippen LogP contribution in [0.5, 0.6) is 0 Å². The largest absolute Gasteiger partial charge is 0.394 e. The SMILES string of the molecule is OCC(Nc1ccc(Br)cc1)c1ccsc1. The number of aliphatic hydroxyl groups excluding tert-OH is 1. The van der Waals surface area contributed by atoms with Crippen molar-refractivity contribution in [3.8, 4) is 0 Å². The van der Waals surface area contributed by atoms with E-state index < -0.39 is 0 Å². The Labute approximate surface area is 107 Å². The Morgan fingerprint density at radius 3 is 2.56 bits per heavy atom. The zero-order valence-corrected chi connectivity index (χ0v) is 11.0. The number of anilines is 1. The normalized spacial score (nSPS) is 12.4. The van der Waals surface area contributed by atoms with Crippen LogP contribution in [0.1, 0.15) is 11.6 Å². The number of hydrogen-bond donors (Lipinski definition) is 2. The molecule has 0 aliphatic rings. The van der Waals surface area contributed by atoms with E-state index in [1.807, 2.05) is 41.1 Å². The molecule has 2 rings (SSSR count). The van der Waals surface area contributed by atoms with Crippen LogP contribution >= 0.6 is 27.3 Å². The van der Waals surface area contributed by atoms with Crippen LogP contribution in [0.15, 0.2) is 45.6 Å². The third kappa shape index (κ3) is 2.84. The summed E-state index contributed by atoms with van der Waals surface area (Å²) in [4.78, 5) is 0. The second-order valence-electron chi connectivity index (χ2n) is 3.44. The second-order valence-corrected chi connectivity index (χ2v) is 5.14. The molecule has 0 saturated carbocycles. The molecule has 1 aromatic carbocycles. The minimum atomic E-state index is -0.0348. The Hall–Kier alpha value is -0.840. The van der Waals surface area contributed by atoms with Crippen LogP contribution in [0, 0.1) is 0 Å². The van der Waals surface area contributed by atoms with Gasteiger partial charge in [-0.05, 0) is 46.7 Å². The molecule has 2 aromatic rings. The van der Waals surface area contributed by atoms with E-state index in [0.717, 1.165) is 15.7 Å². The van der Waals surface area contributed by atoms with Crippen LogP contribution < -0.4 is 5.32 Å². The summed E-state index contributed by atoms with van der Waals surface area (Å²) in [6.07, 6.45) is 0. The molecule has 0 aliphatic heterocycles. The van der Waals surface area contributed by atoms with Crippen molar-refractivity contribution in [3.63, 3.8) is 0 Å². The van der Waals surface area contributed by atoms with Crippen LogP contribution in [0.2, 0.25) is 0 Å². The molecular weight excluding hydrogens is 286 g/mol. The van der Waals surface area contributed by atoms with Crippen LogP contribution in [-0.2, 0) is 0 Å². The van der Waals surface area contributed by atoms with Crippen LogP contribution in [0.3, 0.4) is 0 Å². The highest BCUT2D eigenvalue weighted by atomic mass is 79.9. The lowest BCUT2D eigenvalue weighted by Crippen LogP contribution is -2.13. The van der Waals surface area contributed by atoms with Gasteiger partial charge in [-0.25, -0.2) is 0 Å². The number of hydrogen-bond acceptors (Lipinski definition) is 3. The summed E-state index contributed by atoms with van der Waals surface area (Å²) < 4.78 is 1.05. The molecule has 1 aromatic heterocycles. The zero-order chi connectivity index (χ0) is 11.4. The van der Waals surface area contributed by atoms with Crippen LogP contribution in [0.25, 0.3) is 0 Å². The Balaban J connectivity index is 2.10. The van der Waals surface area contributed by atoms with Gasteiger partial charge in [-0.2, -0.15) is 11.3 Å². The highest BCUT2D eigenvalue weighted by Gasteiger charge is 2.09. The lowest BCUT2D eigenvalue weighted by atomic mass is 10.1. The molecule has 0 bridgehead atoms. The standard InChI is InChI=1S/C12H12BrNOS/c13-10-1-3-11(4-2-10)14-12(7-15)9-5-6-16-8-9/h1-6,8,12,14-15H,7H2. The maximum absolute atomic E-state index is 9.35. The molecule has 0 amide bonds. The molecule has 0 spiro atoms. The molecule has 84 valence electrons. The highest BCUT2D eigenvalue weighted by Crippen LogP contribution is 2.22. The third-order valence-electron chi connectivity index (χ3n) is 2.31. The maximum Gasteiger partial charge on any atom is 0.0753 e. The summed E-state index contributed by atoms with van der Waals surface area (Å²) in [6, 6.07) is 9.91. The Morgan fingerprint density at radius 2 is 2.00 bits per heavy atom. The van der Waals surface area contributed by atoms with Gasteiger partial charge in [0.05, 0.1) is 12.6 Å². The van der Waals surface area contributed by atoms with E-state index in [1.54, 1.807) is 11.3 Å². The van der Waals surface area contributed by atoms with E-state index in [2.05, 4.69) is 21.2 Å². The molecule has 0 saturated heterocycles. The Morgan fingerprint density at radius 1 is 1.25 bits per heavy atom. The van der Waals surface area contributed by atoms with E-state index in [1.165, 1.54) is 0 Å². The fourth-order valence-corrected chi connectivity index (χ4v) is 2.43. The minimum absolute atomic E-state index is 0.0348. The smallest absolute Gasteiger partial charge is 0.0753 e. The fraction of sp³-hybridized carbons (Fsp3) is 0.167. The fourth-order valence-electron chi connectivity index (χ4n) is 1.45. The van der Waals surface area contributed by atoms with E-state index in [0.29, 0.717) is 0 Å². The number of nitrogens with one attached hydrogen (secondary N) is 1. The number of aliphatic hydroxyl groups is 1. The van der Waals surface area contributed by atoms with Crippen molar-refractivity contribution < 1.29 is 5.11 Å². The number of benzene rings is 1. The van der Waals surface area contributed by atoms with Gasteiger partial charge in [0.15, 0.2) is 0 Å². The lowest BCUT2D eigenvalue weighted by molar-refractivity contribution is 0.276. The lowest BCUT2D eigenvalue weighted by Gasteiger charge is -2.16. The monoisotopic (exact) mass is 297 g/mol. The predicted molar refractivity (Wildman–Crippen MR) is 71.9 cm³/mol. The first-order valence-corrected chi connectivity index (χ1v) is 6.68. The molecule has 0 radical (unpaired) electrons. The van der Waals surface area contributed by atoms with Crippen LogP contribution in [0.4, 0.5) is 5.69 Å². The minimum Gasteiger partial charge on any atom is -0.394 e.